The van der Waals surface area contributed by atoms with Gasteiger partial charge in [-0.1, -0.05) is 0 Å². The Labute approximate surface area is 165 Å². The number of rotatable bonds is 6. The lowest BCUT2D eigenvalue weighted by atomic mass is 10.2. The van der Waals surface area contributed by atoms with Crippen LogP contribution in [0, 0.1) is 0 Å². The highest BCUT2D eigenvalue weighted by molar-refractivity contribution is 5.88. The molecule has 0 radical (unpaired) electrons. The largest absolute Gasteiger partial charge is 0.378 e. The van der Waals surface area contributed by atoms with Crippen LogP contribution in [0.15, 0.2) is 18.7 Å². The first-order valence-electron chi connectivity index (χ1n) is 9.22. The highest BCUT2D eigenvalue weighted by Crippen LogP contribution is 2.27. The number of morpholine rings is 1. The predicted octanol–water partition coefficient (Wildman–Crippen LogP) is -0.0123. The Morgan fingerprint density at radius 1 is 1.21 bits per heavy atom. The molecular weight excluding hydrogens is 378 g/mol. The van der Waals surface area contributed by atoms with Crippen LogP contribution >= 0.6 is 0 Å². The molecule has 0 aromatic carbocycles. The van der Waals surface area contributed by atoms with Crippen molar-refractivity contribution in [1.82, 2.24) is 35.0 Å². The molecule has 1 amide bonds. The van der Waals surface area contributed by atoms with Crippen molar-refractivity contribution in [3.8, 4) is 11.3 Å². The van der Waals surface area contributed by atoms with Gasteiger partial charge in [0, 0.05) is 44.0 Å². The quantitative estimate of drug-likeness (QED) is 0.380. The molecule has 4 N–H and O–H groups in total. The van der Waals surface area contributed by atoms with Gasteiger partial charge in [-0.05, 0) is 6.42 Å². The number of hydroxylamine groups is 1. The SMILES string of the molecule is Nc1ncc(-c2nc(N3CCOCC3)nc3c2ncn3CCCC(=O)NO)cn1. The fourth-order valence-corrected chi connectivity index (χ4v) is 3.13. The summed E-state index contributed by atoms with van der Waals surface area (Å²) in [4.78, 5) is 35.4. The van der Waals surface area contributed by atoms with Crippen molar-refractivity contribution in [3.63, 3.8) is 0 Å². The fraction of sp³-hybridized carbons (Fsp3) is 0.412. The van der Waals surface area contributed by atoms with Gasteiger partial charge in [-0.3, -0.25) is 10.0 Å². The van der Waals surface area contributed by atoms with Crippen LogP contribution in [0.1, 0.15) is 12.8 Å². The van der Waals surface area contributed by atoms with Crippen LogP contribution in [-0.4, -0.2) is 66.9 Å². The maximum atomic E-state index is 11.3. The smallest absolute Gasteiger partial charge is 0.243 e. The average Bonchev–Trinajstić information content (AvgIpc) is 3.17. The number of nitrogens with two attached hydrogens (primary N) is 1. The van der Waals surface area contributed by atoms with Gasteiger partial charge in [-0.15, -0.1) is 0 Å². The number of ether oxygens (including phenoxy) is 1. The number of nitrogens with one attached hydrogen (secondary N) is 1. The summed E-state index contributed by atoms with van der Waals surface area (Å²) >= 11 is 0. The molecule has 0 spiro atoms. The molecule has 152 valence electrons. The Balaban J connectivity index is 1.74. The third-order valence-electron chi connectivity index (χ3n) is 4.62. The van der Waals surface area contributed by atoms with Crippen molar-refractivity contribution in [2.45, 2.75) is 19.4 Å². The van der Waals surface area contributed by atoms with Gasteiger partial charge >= 0.3 is 0 Å². The number of aryl methyl sites for hydroxylation is 1. The third kappa shape index (κ3) is 4.07. The predicted molar refractivity (Wildman–Crippen MR) is 103 cm³/mol. The maximum Gasteiger partial charge on any atom is 0.243 e. The van der Waals surface area contributed by atoms with Gasteiger partial charge in [-0.25, -0.2) is 25.4 Å². The molecule has 0 saturated carbocycles. The van der Waals surface area contributed by atoms with E-state index in [0.717, 1.165) is 0 Å². The molecule has 4 heterocycles. The Morgan fingerprint density at radius 3 is 2.69 bits per heavy atom. The second-order valence-corrected chi connectivity index (χ2v) is 6.55. The van der Waals surface area contributed by atoms with E-state index in [0.29, 0.717) is 67.6 Å². The topological polar surface area (TPSA) is 157 Å². The van der Waals surface area contributed by atoms with Crippen LogP contribution in [0.5, 0.6) is 0 Å². The lowest BCUT2D eigenvalue weighted by Crippen LogP contribution is -2.37. The second-order valence-electron chi connectivity index (χ2n) is 6.55. The van der Waals surface area contributed by atoms with Gasteiger partial charge in [0.2, 0.25) is 17.8 Å². The molecule has 29 heavy (non-hydrogen) atoms. The van der Waals surface area contributed by atoms with Crippen LogP contribution in [0.4, 0.5) is 11.9 Å². The van der Waals surface area contributed by atoms with E-state index in [9.17, 15) is 4.79 Å². The number of aromatic nitrogens is 6. The van der Waals surface area contributed by atoms with E-state index in [1.807, 2.05) is 4.57 Å². The molecular formula is C17H21N9O3. The monoisotopic (exact) mass is 399 g/mol. The number of nitrogen functional groups attached to an aromatic ring is 1. The van der Waals surface area contributed by atoms with Crippen LogP contribution < -0.4 is 16.1 Å². The number of hydrogen-bond acceptors (Lipinski definition) is 10. The molecule has 0 atom stereocenters. The molecule has 1 aliphatic rings. The molecule has 12 nitrogen and oxygen atoms in total. The summed E-state index contributed by atoms with van der Waals surface area (Å²) in [6.45, 7) is 3.11. The van der Waals surface area contributed by atoms with E-state index in [4.69, 9.17) is 25.6 Å². The van der Waals surface area contributed by atoms with Crippen molar-refractivity contribution >= 4 is 29.0 Å². The first kappa shape index (κ1) is 19.0. The van der Waals surface area contributed by atoms with Gasteiger partial charge in [0.25, 0.3) is 0 Å². The molecule has 0 bridgehead atoms. The zero-order valence-electron chi connectivity index (χ0n) is 15.7. The molecule has 3 aromatic rings. The van der Waals surface area contributed by atoms with E-state index in [-0.39, 0.29) is 12.4 Å². The lowest BCUT2D eigenvalue weighted by molar-refractivity contribution is -0.129. The zero-order valence-corrected chi connectivity index (χ0v) is 15.7. The molecule has 0 aliphatic carbocycles. The summed E-state index contributed by atoms with van der Waals surface area (Å²) in [5.41, 5.74) is 9.81. The first-order valence-corrected chi connectivity index (χ1v) is 9.22. The second kappa shape index (κ2) is 8.32. The van der Waals surface area contributed by atoms with Crippen molar-refractivity contribution in [2.24, 2.45) is 0 Å². The van der Waals surface area contributed by atoms with E-state index >= 15 is 0 Å². The Morgan fingerprint density at radius 2 is 1.97 bits per heavy atom. The molecule has 0 unspecified atom stereocenters. The van der Waals surface area contributed by atoms with Crippen molar-refractivity contribution in [1.29, 1.82) is 0 Å². The number of anilines is 2. The van der Waals surface area contributed by atoms with Crippen molar-refractivity contribution in [3.05, 3.63) is 18.7 Å². The van der Waals surface area contributed by atoms with Crippen LogP contribution in [-0.2, 0) is 16.1 Å². The van der Waals surface area contributed by atoms with Crippen LogP contribution in [0.3, 0.4) is 0 Å². The van der Waals surface area contributed by atoms with Gasteiger partial charge in [0.1, 0.15) is 11.2 Å². The van der Waals surface area contributed by atoms with Crippen molar-refractivity contribution < 1.29 is 14.7 Å². The van der Waals surface area contributed by atoms with E-state index in [1.165, 1.54) is 0 Å². The number of carbonyl (C=O) groups excluding carboxylic acids is 1. The Bertz CT molecular complexity index is 999. The lowest BCUT2D eigenvalue weighted by Gasteiger charge is -2.27. The van der Waals surface area contributed by atoms with Crippen molar-refractivity contribution in [2.75, 3.05) is 36.9 Å². The summed E-state index contributed by atoms with van der Waals surface area (Å²) < 4.78 is 7.29. The molecule has 1 saturated heterocycles. The first-order chi connectivity index (χ1) is 14.2. The average molecular weight is 399 g/mol. The highest BCUT2D eigenvalue weighted by Gasteiger charge is 2.20. The van der Waals surface area contributed by atoms with Crippen LogP contribution in [0.2, 0.25) is 0 Å². The maximum absolute atomic E-state index is 11.3. The fourth-order valence-electron chi connectivity index (χ4n) is 3.13. The minimum atomic E-state index is -0.433. The molecule has 12 heteroatoms. The highest BCUT2D eigenvalue weighted by atomic mass is 16.5. The number of amides is 1. The molecule has 1 aliphatic heterocycles. The van der Waals surface area contributed by atoms with Gasteiger partial charge in [-0.2, -0.15) is 4.98 Å². The summed E-state index contributed by atoms with van der Waals surface area (Å²) in [6, 6.07) is 0. The van der Waals surface area contributed by atoms with E-state index < -0.39 is 5.91 Å². The summed E-state index contributed by atoms with van der Waals surface area (Å²) in [7, 11) is 0. The standard InChI is InChI=1S/C17H21N9O3/c18-16-19-8-11(9-20-16)13-14-15(23-17(22-13)25-4-6-29-7-5-25)26(10-21-14)3-1-2-12(27)24-28/h8-10,28H,1-7H2,(H,24,27)(H2,18,19,20). The Hall–Kier alpha value is -3.38. The van der Waals surface area contributed by atoms with E-state index in [1.54, 1.807) is 24.2 Å². The molecule has 1 fully saturated rings. The third-order valence-corrected chi connectivity index (χ3v) is 4.62. The number of nitrogens with zero attached hydrogens (tertiary/aromatic N) is 7. The minimum absolute atomic E-state index is 0.181. The van der Waals surface area contributed by atoms with Gasteiger partial charge in [0.15, 0.2) is 5.65 Å². The number of carbonyl (C=O) groups is 1. The summed E-state index contributed by atoms with van der Waals surface area (Å²) in [5, 5.41) is 8.65. The minimum Gasteiger partial charge on any atom is -0.378 e. The number of fused-ring (bicyclic) bond motifs is 1. The zero-order chi connectivity index (χ0) is 20.2. The summed E-state index contributed by atoms with van der Waals surface area (Å²) in [6.07, 6.45) is 5.60. The summed E-state index contributed by atoms with van der Waals surface area (Å²) in [5.74, 6) is 0.320. The number of hydrogen-bond donors (Lipinski definition) is 3. The normalized spacial score (nSPS) is 14.3. The Kier molecular flexibility index (Phi) is 5.44. The molecule has 4 rings (SSSR count). The number of imidazole rings is 1. The molecule has 3 aromatic heterocycles. The van der Waals surface area contributed by atoms with Gasteiger partial charge in [0.05, 0.1) is 19.5 Å². The van der Waals surface area contributed by atoms with Crippen LogP contribution in [0.25, 0.3) is 22.4 Å². The van der Waals surface area contributed by atoms with E-state index in [2.05, 4.69) is 19.9 Å². The van der Waals surface area contributed by atoms with Gasteiger partial charge < -0.3 is 19.9 Å².